The first-order chi connectivity index (χ1) is 24.7. The van der Waals surface area contributed by atoms with Crippen LogP contribution in [0.5, 0.6) is 23.0 Å². The van der Waals surface area contributed by atoms with Crippen LogP contribution in [0.1, 0.15) is 39.2 Å². The molecule has 0 saturated carbocycles. The summed E-state index contributed by atoms with van der Waals surface area (Å²) in [6.45, 7) is 6.88. The van der Waals surface area contributed by atoms with Gasteiger partial charge in [0.05, 0.1) is 23.4 Å². The summed E-state index contributed by atoms with van der Waals surface area (Å²) in [6, 6.07) is 34.1. The van der Waals surface area contributed by atoms with Crippen LogP contribution >= 0.6 is 11.3 Å². The van der Waals surface area contributed by atoms with Crippen LogP contribution in [0.15, 0.2) is 115 Å². The summed E-state index contributed by atoms with van der Waals surface area (Å²) in [6.07, 6.45) is 3.26. The lowest BCUT2D eigenvalue weighted by molar-refractivity contribution is -0.160. The zero-order valence-corrected chi connectivity index (χ0v) is 29.7. The number of fused-ring (bicyclic) bond motifs is 1. The Kier molecular flexibility index (Phi) is 11.6. The van der Waals surface area contributed by atoms with Gasteiger partial charge in [-0.2, -0.15) is 0 Å². The van der Waals surface area contributed by atoms with Crippen molar-refractivity contribution in [3.63, 3.8) is 0 Å². The van der Waals surface area contributed by atoms with E-state index in [4.69, 9.17) is 23.7 Å². The van der Waals surface area contributed by atoms with E-state index < -0.39 is 5.60 Å². The molecule has 6 aromatic rings. The first-order valence-corrected chi connectivity index (χ1v) is 17.7. The summed E-state index contributed by atoms with van der Waals surface area (Å²) in [5.41, 5.74) is 3.19. The zero-order valence-electron chi connectivity index (χ0n) is 28.9. The van der Waals surface area contributed by atoms with E-state index in [0.29, 0.717) is 37.1 Å². The predicted octanol–water partition coefficient (Wildman–Crippen LogP) is 10.7. The second-order valence-corrected chi connectivity index (χ2v) is 14.0. The second-order valence-electron chi connectivity index (χ2n) is 12.9. The van der Waals surface area contributed by atoms with Crippen LogP contribution in [0, 0.1) is 5.82 Å². The largest absolute Gasteiger partial charge is 0.492 e. The molecular formula is C42H40FNO6S. The van der Waals surface area contributed by atoms with Crippen LogP contribution < -0.4 is 14.2 Å². The Hall–Kier alpha value is -5.25. The van der Waals surface area contributed by atoms with Crippen LogP contribution in [0.25, 0.3) is 31.8 Å². The van der Waals surface area contributed by atoms with Gasteiger partial charge in [-0.05, 0) is 111 Å². The van der Waals surface area contributed by atoms with Crippen molar-refractivity contribution >= 4 is 27.4 Å². The number of halogens is 1. The first-order valence-electron chi connectivity index (χ1n) is 16.9. The van der Waals surface area contributed by atoms with Gasteiger partial charge in [0.15, 0.2) is 5.75 Å². The van der Waals surface area contributed by atoms with Crippen molar-refractivity contribution in [1.82, 2.24) is 4.98 Å². The van der Waals surface area contributed by atoms with Crippen LogP contribution in [-0.4, -0.2) is 36.4 Å². The molecule has 0 aliphatic rings. The van der Waals surface area contributed by atoms with Gasteiger partial charge in [0.2, 0.25) is 0 Å². The average Bonchev–Trinajstić information content (AvgIpc) is 3.48. The molecular weight excluding hydrogens is 666 g/mol. The van der Waals surface area contributed by atoms with Crippen LogP contribution in [0.3, 0.4) is 0 Å². The van der Waals surface area contributed by atoms with Crippen molar-refractivity contribution in [3.05, 3.63) is 127 Å². The van der Waals surface area contributed by atoms with E-state index in [-0.39, 0.29) is 18.4 Å². The van der Waals surface area contributed by atoms with Gasteiger partial charge in [0.1, 0.15) is 41.9 Å². The first kappa shape index (κ1) is 35.6. The number of aromatic nitrogens is 1. The number of ether oxygens (including phenoxy) is 5. The number of pyridine rings is 1. The highest BCUT2D eigenvalue weighted by Crippen LogP contribution is 2.47. The normalized spacial score (nSPS) is 11.4. The van der Waals surface area contributed by atoms with E-state index in [1.165, 1.54) is 12.1 Å². The molecule has 0 amide bonds. The molecule has 0 bridgehead atoms. The van der Waals surface area contributed by atoms with Crippen molar-refractivity contribution in [1.29, 1.82) is 0 Å². The molecule has 0 spiro atoms. The highest BCUT2D eigenvalue weighted by Gasteiger charge is 2.18. The third-order valence-electron chi connectivity index (χ3n) is 7.67. The number of rotatable bonds is 15. The minimum absolute atomic E-state index is 0.0505. The molecule has 0 unspecified atom stereocenters. The lowest BCUT2D eigenvalue weighted by atomic mass is 10.1. The molecule has 0 atom stereocenters. The van der Waals surface area contributed by atoms with Crippen LogP contribution in [-0.2, 0) is 20.9 Å². The molecule has 0 aliphatic carbocycles. The number of hydrogen-bond donors (Lipinski definition) is 0. The Morgan fingerprint density at radius 2 is 1.47 bits per heavy atom. The van der Waals surface area contributed by atoms with Crippen molar-refractivity contribution < 1.29 is 32.9 Å². The number of benzene rings is 4. The van der Waals surface area contributed by atoms with Gasteiger partial charge in [-0.25, -0.2) is 9.18 Å². The van der Waals surface area contributed by atoms with Gasteiger partial charge in [0.25, 0.3) is 0 Å². The average molecular weight is 706 g/mol. The molecule has 2 aromatic heterocycles. The molecule has 2 heterocycles. The van der Waals surface area contributed by atoms with Crippen molar-refractivity contribution in [2.45, 2.75) is 45.8 Å². The van der Waals surface area contributed by atoms with E-state index in [1.807, 2.05) is 106 Å². The van der Waals surface area contributed by atoms with Gasteiger partial charge in [-0.3, -0.25) is 4.98 Å². The smallest absolute Gasteiger partial charge is 0.332 e. The fourth-order valence-corrected chi connectivity index (χ4v) is 6.41. The fraction of sp³-hybridized carbons (Fsp3) is 0.238. The number of carbonyl (C=O) groups excluding carboxylic acids is 1. The maximum atomic E-state index is 13.8. The number of carbonyl (C=O) groups is 1. The maximum Gasteiger partial charge on any atom is 0.332 e. The number of thiophene rings is 1. The summed E-state index contributed by atoms with van der Waals surface area (Å²) in [5, 5.41) is 0.945. The molecule has 51 heavy (non-hydrogen) atoms. The lowest BCUT2D eigenvalue weighted by Crippen LogP contribution is -2.26. The number of nitrogens with zero attached hydrogens (tertiary/aromatic N) is 1. The summed E-state index contributed by atoms with van der Waals surface area (Å²) in [5.74, 6) is 2.17. The quantitative estimate of drug-likeness (QED) is 0.0777. The predicted molar refractivity (Wildman–Crippen MR) is 199 cm³/mol. The van der Waals surface area contributed by atoms with E-state index in [9.17, 15) is 9.18 Å². The number of hydrogen-bond acceptors (Lipinski definition) is 8. The summed E-state index contributed by atoms with van der Waals surface area (Å²) < 4.78 is 43.9. The molecule has 0 N–H and O–H groups in total. The summed E-state index contributed by atoms with van der Waals surface area (Å²) >= 11 is 1.58. The third-order valence-corrected chi connectivity index (χ3v) is 8.85. The second kappa shape index (κ2) is 16.6. The standard InChI is InChI=1S/C42H40FNO6S/c1-42(2,3)50-39(45)28-46-23-7-8-24-47-35-20-22-37(44-26-35)30-13-17-33(18-14-30)49-40-36-21-19-34(48-27-29-9-5-4-6-10-29)25-38(36)51-41(40)31-11-15-32(43)16-12-31/h4-6,9-22,25-26H,7-8,23-24,27-28H2,1-3H3. The molecule has 0 radical (unpaired) electrons. The highest BCUT2D eigenvalue weighted by molar-refractivity contribution is 7.22. The Morgan fingerprint density at radius 3 is 2.20 bits per heavy atom. The zero-order chi connectivity index (χ0) is 35.6. The number of unbranched alkanes of at least 4 members (excludes halogenated alkanes) is 1. The highest BCUT2D eigenvalue weighted by atomic mass is 32.1. The molecule has 9 heteroatoms. The van der Waals surface area contributed by atoms with Crippen LogP contribution in [0.4, 0.5) is 4.39 Å². The van der Waals surface area contributed by atoms with Gasteiger partial charge in [-0.15, -0.1) is 11.3 Å². The number of esters is 1. The lowest BCUT2D eigenvalue weighted by Gasteiger charge is -2.19. The fourth-order valence-electron chi connectivity index (χ4n) is 5.25. The van der Waals surface area contributed by atoms with E-state index in [0.717, 1.165) is 55.9 Å². The SMILES string of the molecule is CC(C)(C)OC(=O)COCCCCOc1ccc(-c2ccc(Oc3c(-c4ccc(F)cc4)sc4cc(OCc5ccccc5)ccc34)cc2)nc1. The minimum atomic E-state index is -0.515. The van der Waals surface area contributed by atoms with Crippen molar-refractivity contribution in [2.24, 2.45) is 0 Å². The van der Waals surface area contributed by atoms with Gasteiger partial charge < -0.3 is 23.7 Å². The molecule has 6 rings (SSSR count). The Balaban J connectivity index is 1.07. The maximum absolute atomic E-state index is 13.8. The molecule has 7 nitrogen and oxygen atoms in total. The van der Waals surface area contributed by atoms with E-state index in [2.05, 4.69) is 4.98 Å². The monoisotopic (exact) mass is 705 g/mol. The van der Waals surface area contributed by atoms with Crippen molar-refractivity contribution in [3.8, 4) is 44.7 Å². The van der Waals surface area contributed by atoms with Gasteiger partial charge in [-0.1, -0.05) is 42.5 Å². The Labute approximate surface area is 301 Å². The van der Waals surface area contributed by atoms with Crippen LogP contribution in [0.2, 0.25) is 0 Å². The summed E-state index contributed by atoms with van der Waals surface area (Å²) in [7, 11) is 0. The molecule has 4 aromatic carbocycles. The van der Waals surface area contributed by atoms with Crippen molar-refractivity contribution in [2.75, 3.05) is 19.8 Å². The summed E-state index contributed by atoms with van der Waals surface area (Å²) in [4.78, 5) is 17.2. The third kappa shape index (κ3) is 10.2. The van der Waals surface area contributed by atoms with Gasteiger partial charge in [0, 0.05) is 22.3 Å². The Morgan fingerprint density at radius 1 is 0.765 bits per heavy atom. The molecule has 0 fully saturated rings. The van der Waals surface area contributed by atoms with E-state index in [1.54, 1.807) is 29.7 Å². The van der Waals surface area contributed by atoms with E-state index >= 15 is 0 Å². The Bertz CT molecular complexity index is 2020. The molecule has 0 saturated heterocycles. The molecule has 262 valence electrons. The molecule has 0 aliphatic heterocycles. The van der Waals surface area contributed by atoms with Gasteiger partial charge >= 0.3 is 5.97 Å². The minimum Gasteiger partial charge on any atom is -0.492 e. The topological polar surface area (TPSA) is 76.1 Å².